The summed E-state index contributed by atoms with van der Waals surface area (Å²) in [7, 11) is 0. The van der Waals surface area contributed by atoms with Crippen molar-refractivity contribution in [3.05, 3.63) is 56.1 Å². The third-order valence-corrected chi connectivity index (χ3v) is 7.04. The van der Waals surface area contributed by atoms with E-state index in [1.807, 2.05) is 24.4 Å². The van der Waals surface area contributed by atoms with E-state index in [1.54, 1.807) is 29.7 Å². The summed E-state index contributed by atoms with van der Waals surface area (Å²) in [4.78, 5) is 44.8. The minimum Gasteiger partial charge on any atom is -0.462 e. The van der Waals surface area contributed by atoms with Crippen molar-refractivity contribution in [1.82, 2.24) is 9.55 Å². The van der Waals surface area contributed by atoms with Crippen LogP contribution in [0, 0.1) is 6.92 Å². The maximum absolute atomic E-state index is 13.1. The Morgan fingerprint density at radius 3 is 2.80 bits per heavy atom. The molecule has 30 heavy (non-hydrogen) atoms. The first-order valence-corrected chi connectivity index (χ1v) is 11.6. The number of nitrogens with one attached hydrogen (secondary N) is 1. The zero-order valence-electron chi connectivity index (χ0n) is 16.1. The van der Waals surface area contributed by atoms with Crippen LogP contribution in [-0.2, 0) is 16.1 Å². The van der Waals surface area contributed by atoms with Crippen LogP contribution in [0.4, 0.5) is 5.00 Å². The van der Waals surface area contributed by atoms with Gasteiger partial charge in [-0.25, -0.2) is 9.78 Å². The standard InChI is InChI=1S/C20H17N3O4S3/c1-3-27-20(26)12-6-7-28-17(12)22-15(24)8-23-10-21-18-16(19(23)25)13(9-29-18)14-5-4-11(2)30-14/h4-7,9-10H,3,8H2,1-2H3,(H,22,24). The van der Waals surface area contributed by atoms with Gasteiger partial charge in [0, 0.05) is 20.7 Å². The molecule has 1 amide bonds. The number of rotatable bonds is 6. The number of hydrogen-bond acceptors (Lipinski definition) is 8. The summed E-state index contributed by atoms with van der Waals surface area (Å²) in [5, 5.41) is 7.22. The molecule has 1 N–H and O–H groups in total. The fourth-order valence-corrected chi connectivity index (χ4v) is 5.59. The summed E-state index contributed by atoms with van der Waals surface area (Å²) in [6, 6.07) is 5.59. The fourth-order valence-electron chi connectivity index (χ4n) is 2.94. The number of carbonyl (C=O) groups excluding carboxylic acids is 2. The molecular formula is C20H17N3O4S3. The summed E-state index contributed by atoms with van der Waals surface area (Å²) in [6.07, 6.45) is 1.38. The van der Waals surface area contributed by atoms with E-state index < -0.39 is 11.9 Å². The van der Waals surface area contributed by atoms with Crippen LogP contribution in [0.2, 0.25) is 0 Å². The van der Waals surface area contributed by atoms with E-state index in [2.05, 4.69) is 10.3 Å². The highest BCUT2D eigenvalue weighted by Gasteiger charge is 2.18. The van der Waals surface area contributed by atoms with Crippen molar-refractivity contribution in [2.24, 2.45) is 0 Å². The molecule has 7 nitrogen and oxygen atoms in total. The lowest BCUT2D eigenvalue weighted by atomic mass is 10.2. The number of carbonyl (C=O) groups is 2. The molecule has 0 spiro atoms. The predicted octanol–water partition coefficient (Wildman–Crippen LogP) is 4.37. The smallest absolute Gasteiger partial charge is 0.341 e. The molecule has 0 aromatic carbocycles. The van der Waals surface area contributed by atoms with Gasteiger partial charge in [-0.3, -0.25) is 14.2 Å². The van der Waals surface area contributed by atoms with Crippen LogP contribution < -0.4 is 10.9 Å². The van der Waals surface area contributed by atoms with Crippen LogP contribution in [0.15, 0.2) is 40.1 Å². The third-order valence-electron chi connectivity index (χ3n) is 4.29. The van der Waals surface area contributed by atoms with Gasteiger partial charge in [0.05, 0.1) is 23.9 Å². The lowest BCUT2D eigenvalue weighted by Gasteiger charge is -2.08. The minimum atomic E-state index is -0.497. The predicted molar refractivity (Wildman–Crippen MR) is 121 cm³/mol. The van der Waals surface area contributed by atoms with Crippen LogP contribution >= 0.6 is 34.0 Å². The second-order valence-electron chi connectivity index (χ2n) is 6.35. The Bertz CT molecular complexity index is 1300. The first kappa shape index (κ1) is 20.5. The highest BCUT2D eigenvalue weighted by Crippen LogP contribution is 2.34. The average molecular weight is 460 g/mol. The van der Waals surface area contributed by atoms with Gasteiger partial charge in [0.2, 0.25) is 5.91 Å². The Hall–Kier alpha value is -2.82. The van der Waals surface area contributed by atoms with E-state index in [1.165, 1.54) is 33.6 Å². The molecule has 0 aliphatic rings. The van der Waals surface area contributed by atoms with E-state index in [-0.39, 0.29) is 18.7 Å². The molecule has 154 valence electrons. The molecule has 0 atom stereocenters. The molecule has 0 bridgehead atoms. The number of ether oxygens (including phenoxy) is 1. The number of amides is 1. The summed E-state index contributed by atoms with van der Waals surface area (Å²) in [5.41, 5.74) is 0.863. The van der Waals surface area contributed by atoms with Gasteiger partial charge in [-0.15, -0.1) is 34.0 Å². The molecule has 0 saturated carbocycles. The number of hydrogen-bond donors (Lipinski definition) is 1. The van der Waals surface area contributed by atoms with Crippen molar-refractivity contribution in [3.63, 3.8) is 0 Å². The number of thiophene rings is 3. The van der Waals surface area contributed by atoms with E-state index in [0.717, 1.165) is 15.3 Å². The van der Waals surface area contributed by atoms with Gasteiger partial charge in [0.25, 0.3) is 5.56 Å². The molecule has 4 aromatic rings. The minimum absolute atomic E-state index is 0.208. The number of aromatic nitrogens is 2. The maximum Gasteiger partial charge on any atom is 0.341 e. The van der Waals surface area contributed by atoms with Crippen molar-refractivity contribution < 1.29 is 14.3 Å². The zero-order valence-corrected chi connectivity index (χ0v) is 18.6. The van der Waals surface area contributed by atoms with Crippen molar-refractivity contribution in [2.45, 2.75) is 20.4 Å². The summed E-state index contributed by atoms with van der Waals surface area (Å²) in [6.45, 7) is 3.77. The normalized spacial score (nSPS) is 11.0. The maximum atomic E-state index is 13.1. The van der Waals surface area contributed by atoms with Crippen molar-refractivity contribution in [3.8, 4) is 10.4 Å². The van der Waals surface area contributed by atoms with Crippen LogP contribution in [0.1, 0.15) is 22.2 Å². The quantitative estimate of drug-likeness (QED) is 0.432. The number of esters is 1. The Morgan fingerprint density at radius 2 is 2.07 bits per heavy atom. The van der Waals surface area contributed by atoms with Gasteiger partial charge in [-0.2, -0.15) is 0 Å². The van der Waals surface area contributed by atoms with Crippen LogP contribution in [0.3, 0.4) is 0 Å². The van der Waals surface area contributed by atoms with E-state index in [9.17, 15) is 14.4 Å². The lowest BCUT2D eigenvalue weighted by Crippen LogP contribution is -2.28. The Balaban J connectivity index is 1.60. The van der Waals surface area contributed by atoms with Crippen LogP contribution in [0.25, 0.3) is 20.7 Å². The van der Waals surface area contributed by atoms with Crippen molar-refractivity contribution in [2.75, 3.05) is 11.9 Å². The number of anilines is 1. The van der Waals surface area contributed by atoms with Crippen LogP contribution in [0.5, 0.6) is 0 Å². The third kappa shape index (κ3) is 3.93. The molecule has 0 aliphatic heterocycles. The summed E-state index contributed by atoms with van der Waals surface area (Å²) < 4.78 is 6.28. The number of aryl methyl sites for hydroxylation is 1. The molecule has 10 heteroatoms. The highest BCUT2D eigenvalue weighted by atomic mass is 32.1. The monoisotopic (exact) mass is 459 g/mol. The van der Waals surface area contributed by atoms with Crippen molar-refractivity contribution >= 4 is 61.1 Å². The van der Waals surface area contributed by atoms with Crippen LogP contribution in [-0.4, -0.2) is 28.0 Å². The second-order valence-corrected chi connectivity index (χ2v) is 9.41. The molecule has 4 aromatic heterocycles. The van der Waals surface area contributed by atoms with Gasteiger partial charge in [0.1, 0.15) is 16.4 Å². The Kier molecular flexibility index (Phi) is 5.80. The summed E-state index contributed by atoms with van der Waals surface area (Å²) >= 11 is 4.23. The van der Waals surface area contributed by atoms with Crippen molar-refractivity contribution in [1.29, 1.82) is 0 Å². The van der Waals surface area contributed by atoms with Gasteiger partial charge in [-0.1, -0.05) is 0 Å². The molecule has 0 aliphatic carbocycles. The lowest BCUT2D eigenvalue weighted by molar-refractivity contribution is -0.116. The SMILES string of the molecule is CCOC(=O)c1ccsc1NC(=O)Cn1cnc2scc(-c3ccc(C)s3)c2c1=O. The first-order valence-electron chi connectivity index (χ1n) is 9.05. The number of nitrogens with zero attached hydrogens (tertiary/aromatic N) is 2. The summed E-state index contributed by atoms with van der Waals surface area (Å²) in [5.74, 6) is -0.918. The highest BCUT2D eigenvalue weighted by molar-refractivity contribution is 7.19. The average Bonchev–Trinajstić information content (AvgIpc) is 3.43. The Morgan fingerprint density at radius 1 is 1.23 bits per heavy atom. The number of fused-ring (bicyclic) bond motifs is 1. The molecule has 0 radical (unpaired) electrons. The van der Waals surface area contributed by atoms with E-state index >= 15 is 0 Å². The first-order chi connectivity index (χ1) is 14.5. The second kappa shape index (κ2) is 8.50. The van der Waals surface area contributed by atoms with E-state index in [4.69, 9.17) is 4.74 Å². The molecule has 0 saturated heterocycles. The van der Waals surface area contributed by atoms with Gasteiger partial charge in [0.15, 0.2) is 0 Å². The topological polar surface area (TPSA) is 90.3 Å². The zero-order chi connectivity index (χ0) is 21.3. The fraction of sp³-hybridized carbons (Fsp3) is 0.200. The molecule has 4 heterocycles. The van der Waals surface area contributed by atoms with Gasteiger partial charge < -0.3 is 10.1 Å². The molecule has 4 rings (SSSR count). The van der Waals surface area contributed by atoms with E-state index in [0.29, 0.717) is 20.8 Å². The molecule has 0 fully saturated rings. The Labute approximate surface area is 183 Å². The van der Waals surface area contributed by atoms with Gasteiger partial charge in [-0.05, 0) is 37.4 Å². The molecular weight excluding hydrogens is 442 g/mol. The van der Waals surface area contributed by atoms with Gasteiger partial charge >= 0.3 is 5.97 Å². The molecule has 0 unspecified atom stereocenters. The largest absolute Gasteiger partial charge is 0.462 e.